The van der Waals surface area contributed by atoms with Crippen LogP contribution in [0.25, 0.3) is 0 Å². The molecule has 1 amide bonds. The van der Waals surface area contributed by atoms with E-state index in [1.165, 1.54) is 4.31 Å². The van der Waals surface area contributed by atoms with Crippen LogP contribution in [0.5, 0.6) is 0 Å². The normalized spacial score (nSPS) is 20.3. The van der Waals surface area contributed by atoms with Gasteiger partial charge >= 0.3 is 0 Å². The summed E-state index contributed by atoms with van der Waals surface area (Å²) in [5.41, 5.74) is 1.46. The number of benzene rings is 1. The molecule has 2 aromatic rings. The Balaban J connectivity index is 1.39. The molecule has 0 bridgehead atoms. The first-order valence-corrected chi connectivity index (χ1v) is 13.4. The summed E-state index contributed by atoms with van der Waals surface area (Å²) in [5.74, 6) is 0.0826. The van der Waals surface area contributed by atoms with Gasteiger partial charge in [-0.25, -0.2) is 8.42 Å². The van der Waals surface area contributed by atoms with Crippen LogP contribution in [0.4, 0.5) is 0 Å². The molecular formula is C24H35N5O4S. The van der Waals surface area contributed by atoms with Gasteiger partial charge in [-0.1, -0.05) is 35.5 Å². The molecule has 34 heavy (non-hydrogen) atoms. The van der Waals surface area contributed by atoms with Gasteiger partial charge in [-0.15, -0.1) is 0 Å². The molecule has 1 unspecified atom stereocenters. The molecule has 2 fully saturated rings. The van der Waals surface area contributed by atoms with Crippen LogP contribution in [-0.4, -0.2) is 86.4 Å². The third kappa shape index (κ3) is 5.51. The highest BCUT2D eigenvalue weighted by Gasteiger charge is 2.36. The van der Waals surface area contributed by atoms with Crippen molar-refractivity contribution in [2.24, 2.45) is 5.92 Å². The van der Waals surface area contributed by atoms with E-state index >= 15 is 0 Å². The minimum Gasteiger partial charge on any atom is -0.360 e. The molecule has 0 spiro atoms. The Kier molecular flexibility index (Phi) is 7.71. The fraction of sp³-hybridized carbons (Fsp3) is 0.583. The van der Waals surface area contributed by atoms with Gasteiger partial charge in [0.25, 0.3) is 0 Å². The van der Waals surface area contributed by atoms with Crippen LogP contribution in [0.3, 0.4) is 0 Å². The van der Waals surface area contributed by atoms with Crippen LogP contribution in [0, 0.1) is 19.8 Å². The molecule has 1 aromatic carbocycles. The highest BCUT2D eigenvalue weighted by atomic mass is 32.2. The van der Waals surface area contributed by atoms with Crippen molar-refractivity contribution in [2.75, 3.05) is 52.9 Å². The minimum absolute atomic E-state index is 0.00244. The molecule has 0 aliphatic carbocycles. The maximum Gasteiger partial charge on any atom is 0.248 e. The summed E-state index contributed by atoms with van der Waals surface area (Å²) in [5, 5.41) is 7.06. The Morgan fingerprint density at radius 2 is 1.74 bits per heavy atom. The third-order valence-electron chi connectivity index (χ3n) is 6.95. The van der Waals surface area contributed by atoms with E-state index in [1.807, 2.05) is 18.2 Å². The van der Waals surface area contributed by atoms with Gasteiger partial charge in [0.2, 0.25) is 15.9 Å². The molecule has 1 aromatic heterocycles. The number of carbonyl (C=O) groups excluding carboxylic acids is 1. The van der Waals surface area contributed by atoms with E-state index in [1.54, 1.807) is 13.8 Å². The van der Waals surface area contributed by atoms with Crippen molar-refractivity contribution in [3.63, 3.8) is 0 Å². The summed E-state index contributed by atoms with van der Waals surface area (Å²) < 4.78 is 32.7. The predicted molar refractivity (Wildman–Crippen MR) is 129 cm³/mol. The molecule has 4 rings (SSSR count). The molecule has 0 radical (unpaired) electrons. The molecule has 3 heterocycles. The third-order valence-corrected chi connectivity index (χ3v) is 9.09. The Bertz CT molecular complexity index is 1050. The van der Waals surface area contributed by atoms with E-state index in [9.17, 15) is 13.2 Å². The van der Waals surface area contributed by atoms with Crippen molar-refractivity contribution < 1.29 is 17.7 Å². The number of hydrogen-bond donors (Lipinski definition) is 1. The van der Waals surface area contributed by atoms with Crippen molar-refractivity contribution >= 4 is 15.9 Å². The number of piperidine rings is 1. The van der Waals surface area contributed by atoms with Crippen LogP contribution in [0.2, 0.25) is 0 Å². The van der Waals surface area contributed by atoms with Crippen molar-refractivity contribution in [3.8, 4) is 0 Å². The molecule has 2 aliphatic rings. The van der Waals surface area contributed by atoms with Crippen LogP contribution < -0.4 is 5.32 Å². The van der Waals surface area contributed by atoms with Crippen LogP contribution in [0.1, 0.15) is 35.9 Å². The summed E-state index contributed by atoms with van der Waals surface area (Å²) in [4.78, 5) is 18.1. The number of carbonyl (C=O) groups is 1. The van der Waals surface area contributed by atoms with E-state index < -0.39 is 10.0 Å². The number of nitrogens with zero attached hydrogens (tertiary/aromatic N) is 4. The van der Waals surface area contributed by atoms with E-state index in [2.05, 4.69) is 39.5 Å². The lowest BCUT2D eigenvalue weighted by atomic mass is 9.96. The van der Waals surface area contributed by atoms with Crippen LogP contribution in [0.15, 0.2) is 39.8 Å². The average molecular weight is 490 g/mol. The Morgan fingerprint density at radius 1 is 1.09 bits per heavy atom. The van der Waals surface area contributed by atoms with Gasteiger partial charge in [0, 0.05) is 51.7 Å². The van der Waals surface area contributed by atoms with Crippen molar-refractivity contribution in [3.05, 3.63) is 47.3 Å². The molecule has 1 atom stereocenters. The Hall–Kier alpha value is -2.27. The zero-order chi connectivity index (χ0) is 24.3. The van der Waals surface area contributed by atoms with Gasteiger partial charge in [0.15, 0.2) is 5.76 Å². The summed E-state index contributed by atoms with van der Waals surface area (Å²) in [6.45, 7) is 8.62. The van der Waals surface area contributed by atoms with E-state index in [4.69, 9.17) is 4.52 Å². The monoisotopic (exact) mass is 489 g/mol. The molecule has 2 saturated heterocycles. The SMILES string of the molecule is Cc1noc(C)c1S(=O)(=O)N1CCC(C(=O)NC(CN2CCN(C)CC2)c2ccccc2)CC1. The van der Waals surface area contributed by atoms with E-state index in [0.717, 1.165) is 38.3 Å². The second kappa shape index (κ2) is 10.6. The number of hydrogen-bond acceptors (Lipinski definition) is 7. The first kappa shape index (κ1) is 24.8. The lowest BCUT2D eigenvalue weighted by Gasteiger charge is -2.36. The average Bonchev–Trinajstić information content (AvgIpc) is 3.19. The fourth-order valence-electron chi connectivity index (χ4n) is 4.83. The van der Waals surface area contributed by atoms with E-state index in [-0.39, 0.29) is 22.8 Å². The van der Waals surface area contributed by atoms with Gasteiger partial charge in [-0.3, -0.25) is 9.69 Å². The summed E-state index contributed by atoms with van der Waals surface area (Å²) >= 11 is 0. The quantitative estimate of drug-likeness (QED) is 0.633. The first-order chi connectivity index (χ1) is 16.3. The van der Waals surface area contributed by atoms with Gasteiger partial charge < -0.3 is 14.7 Å². The summed E-state index contributed by atoms with van der Waals surface area (Å²) in [7, 11) is -1.55. The topological polar surface area (TPSA) is 99.0 Å². The number of piperazine rings is 1. The Morgan fingerprint density at radius 3 is 2.32 bits per heavy atom. The molecule has 0 saturated carbocycles. The molecular weight excluding hydrogens is 454 g/mol. The van der Waals surface area contributed by atoms with Gasteiger partial charge in [-0.05, 0) is 39.3 Å². The minimum atomic E-state index is -3.68. The number of sulfonamides is 1. The number of likely N-dealkylation sites (N-methyl/N-ethyl adjacent to an activating group) is 1. The van der Waals surface area contributed by atoms with Gasteiger partial charge in [0.05, 0.1) is 6.04 Å². The van der Waals surface area contributed by atoms with Crippen molar-refractivity contribution in [1.29, 1.82) is 0 Å². The molecule has 10 heteroatoms. The maximum absolute atomic E-state index is 13.2. The highest BCUT2D eigenvalue weighted by Crippen LogP contribution is 2.28. The van der Waals surface area contributed by atoms with Crippen molar-refractivity contribution in [1.82, 2.24) is 24.6 Å². The number of nitrogens with one attached hydrogen (secondary N) is 1. The van der Waals surface area contributed by atoms with Crippen molar-refractivity contribution in [2.45, 2.75) is 37.6 Å². The second-order valence-electron chi connectivity index (χ2n) is 9.41. The lowest BCUT2D eigenvalue weighted by molar-refractivity contribution is -0.127. The second-order valence-corrected chi connectivity index (χ2v) is 11.3. The smallest absolute Gasteiger partial charge is 0.248 e. The number of amides is 1. The van der Waals surface area contributed by atoms with E-state index in [0.29, 0.717) is 37.4 Å². The molecule has 1 N–H and O–H groups in total. The summed E-state index contributed by atoms with van der Waals surface area (Å²) in [6, 6.07) is 9.99. The van der Waals surface area contributed by atoms with Gasteiger partial charge in [-0.2, -0.15) is 4.31 Å². The first-order valence-electron chi connectivity index (χ1n) is 11.9. The zero-order valence-corrected chi connectivity index (χ0v) is 21.1. The summed E-state index contributed by atoms with van der Waals surface area (Å²) in [6.07, 6.45) is 0.981. The lowest BCUT2D eigenvalue weighted by Crippen LogP contribution is -2.49. The highest BCUT2D eigenvalue weighted by molar-refractivity contribution is 7.89. The number of rotatable bonds is 7. The van der Waals surface area contributed by atoms with Crippen LogP contribution in [-0.2, 0) is 14.8 Å². The predicted octanol–water partition coefficient (Wildman–Crippen LogP) is 1.80. The standard InChI is InChI=1S/C24H35N5O4S/c1-18-23(19(2)33-26-18)34(31,32)29-11-9-21(10-12-29)24(30)25-22(20-7-5-4-6-8-20)17-28-15-13-27(3)14-16-28/h4-8,21-22H,9-17H2,1-3H3,(H,25,30). The molecule has 2 aliphatic heterocycles. The van der Waals surface area contributed by atoms with Crippen LogP contribution >= 0.6 is 0 Å². The maximum atomic E-state index is 13.2. The zero-order valence-electron chi connectivity index (χ0n) is 20.2. The number of aryl methyl sites for hydroxylation is 2. The Labute approximate surface area is 202 Å². The van der Waals surface area contributed by atoms with Gasteiger partial charge in [0.1, 0.15) is 10.6 Å². The fourth-order valence-corrected chi connectivity index (χ4v) is 6.59. The largest absolute Gasteiger partial charge is 0.360 e. The number of aromatic nitrogens is 1. The molecule has 9 nitrogen and oxygen atoms in total. The molecule has 186 valence electrons.